The molecule has 2 amide bonds. The Hall–Kier alpha value is -3.20. The van der Waals surface area contributed by atoms with Crippen LogP contribution in [0.2, 0.25) is 0 Å². The second-order valence-corrected chi connectivity index (χ2v) is 8.62. The molecule has 0 fully saturated rings. The van der Waals surface area contributed by atoms with Gasteiger partial charge in [0, 0.05) is 23.0 Å². The quantitative estimate of drug-likeness (QED) is 0.621. The molecule has 0 saturated carbocycles. The molecule has 3 rings (SSSR count). The highest BCUT2D eigenvalue weighted by atomic mass is 32.1. The fourth-order valence-electron chi connectivity index (χ4n) is 3.06. The Labute approximate surface area is 183 Å². The normalized spacial score (nSPS) is 12.3. The third-order valence-electron chi connectivity index (χ3n) is 4.36. The molecule has 31 heavy (non-hydrogen) atoms. The van der Waals surface area contributed by atoms with Gasteiger partial charge in [-0.3, -0.25) is 9.59 Å². The van der Waals surface area contributed by atoms with Crippen molar-refractivity contribution in [1.82, 2.24) is 19.8 Å². The second-order valence-electron chi connectivity index (χ2n) is 8.01. The molecular weight excluding hydrogens is 422 g/mol. The van der Waals surface area contributed by atoms with E-state index in [9.17, 15) is 18.4 Å². The third-order valence-corrected chi connectivity index (χ3v) is 4.87. The molecule has 9 heteroatoms. The van der Waals surface area contributed by atoms with Gasteiger partial charge in [-0.25, -0.2) is 8.78 Å². The van der Waals surface area contributed by atoms with Gasteiger partial charge in [0.25, 0.3) is 5.91 Å². The summed E-state index contributed by atoms with van der Waals surface area (Å²) in [5.41, 5.74) is 0.0376. The van der Waals surface area contributed by atoms with E-state index in [-0.39, 0.29) is 17.8 Å². The van der Waals surface area contributed by atoms with Gasteiger partial charge in [0.05, 0.1) is 0 Å². The van der Waals surface area contributed by atoms with Crippen LogP contribution in [0, 0.1) is 11.6 Å². The molecule has 6 nitrogen and oxygen atoms in total. The van der Waals surface area contributed by atoms with Crippen molar-refractivity contribution in [3.63, 3.8) is 0 Å². The van der Waals surface area contributed by atoms with Crippen molar-refractivity contribution in [2.45, 2.75) is 38.9 Å². The summed E-state index contributed by atoms with van der Waals surface area (Å²) < 4.78 is 31.9. The summed E-state index contributed by atoms with van der Waals surface area (Å²) in [4.78, 5) is 27.9. The average molecular weight is 445 g/mol. The van der Waals surface area contributed by atoms with E-state index < -0.39 is 35.0 Å². The zero-order chi connectivity index (χ0) is 22.6. The number of halogens is 2. The molecular formula is C22H22F2N4O2S. The molecule has 0 saturated heterocycles. The van der Waals surface area contributed by atoms with E-state index >= 15 is 0 Å². The molecule has 0 aliphatic heterocycles. The predicted octanol–water partition coefficient (Wildman–Crippen LogP) is 4.11. The molecule has 1 heterocycles. The lowest BCUT2D eigenvalue weighted by Gasteiger charge is -2.33. The van der Waals surface area contributed by atoms with Gasteiger partial charge in [-0.2, -0.15) is 0 Å². The number of nitrogens with zero attached hydrogens (tertiary/aromatic N) is 3. The first kappa shape index (κ1) is 22.5. The molecule has 0 aliphatic carbocycles. The van der Waals surface area contributed by atoms with E-state index in [4.69, 9.17) is 0 Å². The number of nitrogens with one attached hydrogen (secondary N) is 1. The van der Waals surface area contributed by atoms with E-state index in [0.29, 0.717) is 5.56 Å². The average Bonchev–Trinajstić information content (AvgIpc) is 3.23. The molecule has 0 spiro atoms. The molecule has 0 aliphatic rings. The first-order valence-electron chi connectivity index (χ1n) is 9.54. The monoisotopic (exact) mass is 444 g/mol. The van der Waals surface area contributed by atoms with Crippen molar-refractivity contribution in [1.29, 1.82) is 0 Å². The van der Waals surface area contributed by atoms with Crippen molar-refractivity contribution in [3.8, 4) is 0 Å². The van der Waals surface area contributed by atoms with Crippen molar-refractivity contribution < 1.29 is 18.4 Å². The van der Waals surface area contributed by atoms with Gasteiger partial charge in [0.15, 0.2) is 5.69 Å². The van der Waals surface area contributed by atoms with Crippen molar-refractivity contribution in [3.05, 3.63) is 82.4 Å². The summed E-state index contributed by atoms with van der Waals surface area (Å²) in [6.45, 7) is 5.31. The topological polar surface area (TPSA) is 75.2 Å². The highest BCUT2D eigenvalue weighted by molar-refractivity contribution is 7.03. The van der Waals surface area contributed by atoms with Crippen LogP contribution >= 0.6 is 11.5 Å². The summed E-state index contributed by atoms with van der Waals surface area (Å²) in [6, 6.07) is 10.1. The standard InChI is InChI=1S/C22H22F2N4O2S/c1-22(2,3)25-20(29)19(16-6-4-5-7-17(16)24)28(21(30)18-13-31-27-26-18)12-14-8-10-15(23)11-9-14/h4-11,13,19H,12H2,1-3H3,(H,25,29)/t19-/m1/s1. The smallest absolute Gasteiger partial charge is 0.276 e. The Kier molecular flexibility index (Phi) is 6.74. The van der Waals surface area contributed by atoms with Gasteiger partial charge in [-0.1, -0.05) is 34.8 Å². The van der Waals surface area contributed by atoms with E-state index in [0.717, 1.165) is 11.5 Å². The van der Waals surface area contributed by atoms with Crippen LogP contribution in [0.15, 0.2) is 53.9 Å². The maximum absolute atomic E-state index is 14.8. The maximum atomic E-state index is 14.8. The largest absolute Gasteiger partial charge is 0.349 e. The lowest BCUT2D eigenvalue weighted by atomic mass is 10.00. The lowest BCUT2D eigenvalue weighted by molar-refractivity contribution is -0.127. The lowest BCUT2D eigenvalue weighted by Crippen LogP contribution is -2.49. The summed E-state index contributed by atoms with van der Waals surface area (Å²) >= 11 is 0.990. The Morgan fingerprint density at radius 3 is 2.35 bits per heavy atom. The van der Waals surface area contributed by atoms with Crippen LogP contribution < -0.4 is 5.32 Å². The van der Waals surface area contributed by atoms with Crippen molar-refractivity contribution in [2.24, 2.45) is 0 Å². The minimum Gasteiger partial charge on any atom is -0.349 e. The number of hydrogen-bond donors (Lipinski definition) is 1. The van der Waals surface area contributed by atoms with Gasteiger partial charge in [0.2, 0.25) is 5.91 Å². The number of carbonyl (C=O) groups excluding carboxylic acids is 2. The first-order chi connectivity index (χ1) is 14.7. The number of benzene rings is 2. The Morgan fingerprint density at radius 1 is 1.10 bits per heavy atom. The highest BCUT2D eigenvalue weighted by Gasteiger charge is 2.36. The van der Waals surface area contributed by atoms with Crippen LogP contribution in [0.5, 0.6) is 0 Å². The first-order valence-corrected chi connectivity index (χ1v) is 10.4. The maximum Gasteiger partial charge on any atom is 0.276 e. The zero-order valence-electron chi connectivity index (χ0n) is 17.3. The summed E-state index contributed by atoms with van der Waals surface area (Å²) in [5, 5.41) is 8.10. The van der Waals surface area contributed by atoms with Gasteiger partial charge in [-0.15, -0.1) is 5.10 Å². The third kappa shape index (κ3) is 5.69. The second kappa shape index (κ2) is 9.30. The van der Waals surface area contributed by atoms with Crippen LogP contribution in [-0.2, 0) is 11.3 Å². The Balaban J connectivity index is 2.11. The predicted molar refractivity (Wildman–Crippen MR) is 113 cm³/mol. The molecule has 1 atom stereocenters. The summed E-state index contributed by atoms with van der Waals surface area (Å²) in [7, 11) is 0. The van der Waals surface area contributed by atoms with Gasteiger partial charge >= 0.3 is 0 Å². The molecule has 2 aromatic carbocycles. The minimum absolute atomic E-state index is 0.0389. The van der Waals surface area contributed by atoms with Gasteiger partial charge in [0.1, 0.15) is 17.7 Å². The van der Waals surface area contributed by atoms with Gasteiger partial charge < -0.3 is 10.2 Å². The summed E-state index contributed by atoms with van der Waals surface area (Å²) in [5.74, 6) is -2.18. The van der Waals surface area contributed by atoms with E-state index in [1.54, 1.807) is 26.8 Å². The van der Waals surface area contributed by atoms with Crippen LogP contribution in [0.25, 0.3) is 0 Å². The molecule has 1 aromatic heterocycles. The van der Waals surface area contributed by atoms with Crippen molar-refractivity contribution >= 4 is 23.3 Å². The van der Waals surface area contributed by atoms with Gasteiger partial charge in [-0.05, 0) is 56.1 Å². The fourth-order valence-corrected chi connectivity index (χ4v) is 3.49. The number of rotatable bonds is 6. The van der Waals surface area contributed by atoms with Crippen LogP contribution in [-0.4, -0.2) is 31.8 Å². The zero-order valence-corrected chi connectivity index (χ0v) is 18.1. The fraction of sp³-hybridized carbons (Fsp3) is 0.273. The number of carbonyl (C=O) groups is 2. The minimum atomic E-state index is -1.28. The Bertz CT molecular complexity index is 1050. The number of hydrogen-bond acceptors (Lipinski definition) is 5. The van der Waals surface area contributed by atoms with E-state index in [1.165, 1.54) is 52.7 Å². The number of amides is 2. The van der Waals surface area contributed by atoms with E-state index in [1.807, 2.05) is 0 Å². The van der Waals surface area contributed by atoms with E-state index in [2.05, 4.69) is 14.9 Å². The molecule has 162 valence electrons. The highest BCUT2D eigenvalue weighted by Crippen LogP contribution is 2.28. The number of aromatic nitrogens is 2. The molecule has 0 radical (unpaired) electrons. The van der Waals surface area contributed by atoms with Crippen LogP contribution in [0.4, 0.5) is 8.78 Å². The molecule has 3 aromatic rings. The molecule has 0 unspecified atom stereocenters. The SMILES string of the molecule is CC(C)(C)NC(=O)[C@@H](c1ccccc1F)N(Cc1ccc(F)cc1)C(=O)c1csnn1. The summed E-state index contributed by atoms with van der Waals surface area (Å²) in [6.07, 6.45) is 0. The van der Waals surface area contributed by atoms with Crippen LogP contribution in [0.1, 0.15) is 48.4 Å². The van der Waals surface area contributed by atoms with Crippen LogP contribution in [0.3, 0.4) is 0 Å². The Morgan fingerprint density at radius 2 is 1.77 bits per heavy atom. The van der Waals surface area contributed by atoms with Crippen molar-refractivity contribution in [2.75, 3.05) is 0 Å². The molecule has 0 bridgehead atoms. The molecule has 1 N–H and O–H groups in total.